The summed E-state index contributed by atoms with van der Waals surface area (Å²) in [6.45, 7) is 6.34. The molecule has 0 aromatic carbocycles. The fourth-order valence-corrected chi connectivity index (χ4v) is 3.52. The van der Waals surface area contributed by atoms with Crippen LogP contribution < -0.4 is 10.0 Å². The highest BCUT2D eigenvalue weighted by Gasteiger charge is 2.21. The Morgan fingerprint density at radius 1 is 1.33 bits per heavy atom. The zero-order valence-electron chi connectivity index (χ0n) is 12.5. The maximum Gasteiger partial charge on any atom is 0.244 e. The number of morpholine rings is 1. The van der Waals surface area contributed by atoms with Crippen molar-refractivity contribution in [2.75, 3.05) is 46.4 Å². The Bertz CT molecular complexity index is 550. The van der Waals surface area contributed by atoms with E-state index in [1.807, 2.05) is 0 Å². The second kappa shape index (κ2) is 7.37. The number of nitrogens with one attached hydrogen (secondary N) is 2. The van der Waals surface area contributed by atoms with Crippen LogP contribution in [0.4, 0.5) is 0 Å². The molecule has 1 aliphatic rings. The number of ether oxygens (including phenoxy) is 1. The molecule has 120 valence electrons. The van der Waals surface area contributed by atoms with Crippen molar-refractivity contribution in [1.29, 1.82) is 0 Å². The van der Waals surface area contributed by atoms with Crippen LogP contribution in [0.15, 0.2) is 15.4 Å². The summed E-state index contributed by atoms with van der Waals surface area (Å²) in [5, 5.41) is 2.93. The molecule has 1 fully saturated rings. The van der Waals surface area contributed by atoms with Crippen molar-refractivity contribution in [2.24, 2.45) is 0 Å². The molecule has 0 atom stereocenters. The van der Waals surface area contributed by atoms with Crippen molar-refractivity contribution in [3.63, 3.8) is 0 Å². The largest absolute Gasteiger partial charge is 0.464 e. The van der Waals surface area contributed by atoms with Crippen molar-refractivity contribution in [2.45, 2.75) is 18.4 Å². The highest BCUT2D eigenvalue weighted by molar-refractivity contribution is 7.89. The molecular weight excluding hydrogens is 294 g/mol. The van der Waals surface area contributed by atoms with Crippen molar-refractivity contribution in [1.82, 2.24) is 14.9 Å². The number of hydrogen-bond acceptors (Lipinski definition) is 6. The van der Waals surface area contributed by atoms with E-state index < -0.39 is 10.0 Å². The minimum Gasteiger partial charge on any atom is -0.464 e. The van der Waals surface area contributed by atoms with Crippen LogP contribution >= 0.6 is 0 Å². The summed E-state index contributed by atoms with van der Waals surface area (Å²) in [4.78, 5) is 2.40. The van der Waals surface area contributed by atoms with E-state index in [9.17, 15) is 8.42 Å². The number of hydrogen-bond donors (Lipinski definition) is 2. The predicted molar refractivity (Wildman–Crippen MR) is 78.7 cm³/mol. The zero-order valence-corrected chi connectivity index (χ0v) is 13.3. The summed E-state index contributed by atoms with van der Waals surface area (Å²) in [6.07, 6.45) is 0. The summed E-state index contributed by atoms with van der Waals surface area (Å²) in [6, 6.07) is 1.57. The van der Waals surface area contributed by atoms with Gasteiger partial charge < -0.3 is 14.5 Å². The van der Waals surface area contributed by atoms with Gasteiger partial charge in [-0.1, -0.05) is 0 Å². The van der Waals surface area contributed by atoms with Crippen molar-refractivity contribution in [3.8, 4) is 0 Å². The van der Waals surface area contributed by atoms with E-state index in [1.165, 1.54) is 0 Å². The molecule has 2 rings (SSSR count). The van der Waals surface area contributed by atoms with Gasteiger partial charge in [-0.05, 0) is 14.0 Å². The van der Waals surface area contributed by atoms with Crippen molar-refractivity contribution >= 4 is 10.0 Å². The fraction of sp³-hybridized carbons (Fsp3) is 0.692. The average Bonchev–Trinajstić information content (AvgIpc) is 2.82. The first kappa shape index (κ1) is 16.4. The molecule has 1 aromatic rings. The number of nitrogens with zero attached hydrogens (tertiary/aromatic N) is 1. The summed E-state index contributed by atoms with van der Waals surface area (Å²) in [5.41, 5.74) is 0. The smallest absolute Gasteiger partial charge is 0.244 e. The van der Waals surface area contributed by atoms with E-state index in [4.69, 9.17) is 9.15 Å². The molecule has 0 spiro atoms. The molecule has 8 heteroatoms. The molecule has 2 heterocycles. The molecular formula is C13H23N3O4S. The van der Waals surface area contributed by atoms with Gasteiger partial charge in [0.15, 0.2) is 0 Å². The molecule has 0 amide bonds. The molecule has 21 heavy (non-hydrogen) atoms. The van der Waals surface area contributed by atoms with Gasteiger partial charge in [-0.15, -0.1) is 0 Å². The Kier molecular flexibility index (Phi) is 5.77. The molecule has 1 aromatic heterocycles. The van der Waals surface area contributed by atoms with Crippen LogP contribution in [-0.2, 0) is 21.3 Å². The first-order chi connectivity index (χ1) is 10.0. The first-order valence-corrected chi connectivity index (χ1v) is 8.55. The van der Waals surface area contributed by atoms with E-state index in [2.05, 4.69) is 14.9 Å². The predicted octanol–water partition coefficient (Wildman–Crippen LogP) is -0.0821. The van der Waals surface area contributed by atoms with Crippen LogP contribution in [0.5, 0.6) is 0 Å². The Balaban J connectivity index is 1.91. The third-order valence-corrected chi connectivity index (χ3v) is 4.96. The molecule has 0 radical (unpaired) electrons. The quantitative estimate of drug-likeness (QED) is 0.732. The Morgan fingerprint density at radius 3 is 2.71 bits per heavy atom. The highest BCUT2D eigenvalue weighted by Crippen LogP contribution is 2.19. The van der Waals surface area contributed by atoms with Gasteiger partial charge in [0.2, 0.25) is 10.0 Å². The normalized spacial score (nSPS) is 17.2. The molecule has 1 saturated heterocycles. The van der Waals surface area contributed by atoms with Gasteiger partial charge in [0.25, 0.3) is 0 Å². The molecule has 7 nitrogen and oxygen atoms in total. The molecule has 1 aliphatic heterocycles. The van der Waals surface area contributed by atoms with Crippen molar-refractivity contribution in [3.05, 3.63) is 17.6 Å². The maximum absolute atomic E-state index is 12.3. The SMILES string of the molecule is CNCc1cc(S(=O)(=O)NCCN2CCOCC2)c(C)o1. The van der Waals surface area contributed by atoms with E-state index >= 15 is 0 Å². The summed E-state index contributed by atoms with van der Waals surface area (Å²) < 4.78 is 37.9. The van der Waals surface area contributed by atoms with Crippen LogP contribution in [0.3, 0.4) is 0 Å². The zero-order chi connectivity index (χ0) is 15.3. The van der Waals surface area contributed by atoms with Crippen LogP contribution in [0, 0.1) is 6.92 Å². The number of rotatable bonds is 7. The van der Waals surface area contributed by atoms with E-state index in [0.29, 0.717) is 44.4 Å². The molecule has 2 N–H and O–H groups in total. The standard InChI is InChI=1S/C13H23N3O4S/c1-11-13(9-12(20-11)10-14-2)21(17,18)15-3-4-16-5-7-19-8-6-16/h9,14-15H,3-8,10H2,1-2H3. The number of sulfonamides is 1. The van der Waals surface area contributed by atoms with Crippen LogP contribution in [0.1, 0.15) is 11.5 Å². The molecule has 0 unspecified atom stereocenters. The fourth-order valence-electron chi connectivity index (χ4n) is 2.29. The lowest BCUT2D eigenvalue weighted by molar-refractivity contribution is 0.0390. The van der Waals surface area contributed by atoms with Gasteiger partial charge in [-0.2, -0.15) is 0 Å². The van der Waals surface area contributed by atoms with Gasteiger partial charge in [0, 0.05) is 32.2 Å². The van der Waals surface area contributed by atoms with E-state index in [-0.39, 0.29) is 4.90 Å². The monoisotopic (exact) mass is 317 g/mol. The number of furan rings is 1. The van der Waals surface area contributed by atoms with Crippen LogP contribution in [0.2, 0.25) is 0 Å². The van der Waals surface area contributed by atoms with E-state index in [1.54, 1.807) is 20.0 Å². The van der Waals surface area contributed by atoms with Crippen molar-refractivity contribution < 1.29 is 17.6 Å². The second-order valence-electron chi connectivity index (χ2n) is 5.02. The minimum absolute atomic E-state index is 0.217. The second-order valence-corrected chi connectivity index (χ2v) is 6.75. The Labute approximate surface area is 125 Å². The molecule has 0 bridgehead atoms. The third kappa shape index (κ3) is 4.52. The summed E-state index contributed by atoms with van der Waals surface area (Å²) >= 11 is 0. The topological polar surface area (TPSA) is 83.8 Å². The van der Waals surface area contributed by atoms with Gasteiger partial charge in [0.05, 0.1) is 19.8 Å². The minimum atomic E-state index is -3.52. The summed E-state index contributed by atoms with van der Waals surface area (Å²) in [5.74, 6) is 1.03. The van der Waals surface area contributed by atoms with Crippen LogP contribution in [0.25, 0.3) is 0 Å². The van der Waals surface area contributed by atoms with Gasteiger partial charge in [0.1, 0.15) is 16.4 Å². The van der Waals surface area contributed by atoms with Gasteiger partial charge in [-0.3, -0.25) is 4.90 Å². The first-order valence-electron chi connectivity index (χ1n) is 7.06. The Hall–Kier alpha value is -0.930. The van der Waals surface area contributed by atoms with Gasteiger partial charge >= 0.3 is 0 Å². The third-order valence-electron chi connectivity index (χ3n) is 3.39. The highest BCUT2D eigenvalue weighted by atomic mass is 32.2. The maximum atomic E-state index is 12.3. The lowest BCUT2D eigenvalue weighted by atomic mass is 10.4. The van der Waals surface area contributed by atoms with Gasteiger partial charge in [-0.25, -0.2) is 13.1 Å². The lowest BCUT2D eigenvalue weighted by Gasteiger charge is -2.26. The Morgan fingerprint density at radius 2 is 2.05 bits per heavy atom. The molecule has 0 aliphatic carbocycles. The summed E-state index contributed by atoms with van der Waals surface area (Å²) in [7, 11) is -1.73. The van der Waals surface area contributed by atoms with E-state index in [0.717, 1.165) is 13.1 Å². The average molecular weight is 317 g/mol. The van der Waals surface area contributed by atoms with Crippen LogP contribution in [-0.4, -0.2) is 59.8 Å². The molecule has 0 saturated carbocycles. The number of aryl methyl sites for hydroxylation is 1. The lowest BCUT2D eigenvalue weighted by Crippen LogP contribution is -2.41.